The van der Waals surface area contributed by atoms with E-state index in [0.29, 0.717) is 33.9 Å². The van der Waals surface area contributed by atoms with E-state index < -0.39 is 0 Å². The van der Waals surface area contributed by atoms with Crippen molar-refractivity contribution in [3.8, 4) is 34.9 Å². The van der Waals surface area contributed by atoms with Crippen LogP contribution in [0, 0.1) is 22.7 Å². The first-order valence-corrected chi connectivity index (χ1v) is 7.34. The summed E-state index contributed by atoms with van der Waals surface area (Å²) in [7, 11) is 1.00. The molecule has 4 aromatic heterocycles. The Morgan fingerprint density at radius 1 is 0.750 bits per heavy atom. The number of aliphatic hydroxyl groups is 1. The molecule has 0 amide bonds. The zero-order valence-electron chi connectivity index (χ0n) is 16.4. The molecule has 0 atom stereocenters. The van der Waals surface area contributed by atoms with Gasteiger partial charge in [-0.15, -0.1) is 0 Å². The summed E-state index contributed by atoms with van der Waals surface area (Å²) in [6, 6.07) is 7.27. The number of nitrogens with zero attached hydrogens (tertiary/aromatic N) is 12. The maximum absolute atomic E-state index is 8.73. The van der Waals surface area contributed by atoms with E-state index in [9.17, 15) is 0 Å². The third-order valence-electron chi connectivity index (χ3n) is 3.00. The fourth-order valence-electron chi connectivity index (χ4n) is 1.86. The first-order valence-electron chi connectivity index (χ1n) is 7.34. The van der Waals surface area contributed by atoms with Crippen LogP contribution in [-0.2, 0) is 33.5 Å². The fourth-order valence-corrected chi connectivity index (χ4v) is 1.86. The van der Waals surface area contributed by atoms with Gasteiger partial charge >= 0.3 is 17.1 Å². The molecule has 0 fully saturated rings. The first kappa shape index (κ1) is 32.4. The second-order valence-electron chi connectivity index (χ2n) is 4.47. The second-order valence-corrected chi connectivity index (χ2v) is 4.47. The third-order valence-corrected chi connectivity index (χ3v) is 3.00. The molecule has 0 unspecified atom stereocenters. The van der Waals surface area contributed by atoms with Gasteiger partial charge in [-0.1, -0.05) is 0 Å². The van der Waals surface area contributed by atoms with Crippen LogP contribution in [0.25, 0.3) is 22.8 Å². The summed E-state index contributed by atoms with van der Waals surface area (Å²) in [6.45, 7) is 0. The molecule has 32 heavy (non-hydrogen) atoms. The summed E-state index contributed by atoms with van der Waals surface area (Å²) in [6.07, 6.45) is 6.02. The Kier molecular flexibility index (Phi) is 17.9. The molecule has 0 saturated carbocycles. The Morgan fingerprint density at radius 2 is 1.12 bits per heavy atom. The van der Waals surface area contributed by atoms with Gasteiger partial charge in [-0.2, -0.15) is 21.0 Å². The molecule has 4 aromatic rings. The molecule has 0 aliphatic rings. The van der Waals surface area contributed by atoms with Gasteiger partial charge in [0.2, 0.25) is 0 Å². The minimum atomic E-state index is 0. The normalized spacial score (nSPS) is 7.88. The average molecular weight is 486 g/mol. The summed E-state index contributed by atoms with van der Waals surface area (Å²) < 4.78 is 0. The number of tetrazole rings is 2. The summed E-state index contributed by atoms with van der Waals surface area (Å²) in [5, 5.41) is 52.4. The molecule has 16 nitrogen and oxygen atoms in total. The molecule has 0 bridgehead atoms. The Hall–Kier alpha value is -4.22. The van der Waals surface area contributed by atoms with Crippen molar-refractivity contribution in [3.63, 3.8) is 0 Å². The van der Waals surface area contributed by atoms with Crippen molar-refractivity contribution in [2.45, 2.75) is 0 Å². The topological polar surface area (TPSA) is 298 Å². The molecular weight excluding hydrogens is 467 g/mol. The van der Waals surface area contributed by atoms with E-state index in [1.54, 1.807) is 24.5 Å². The van der Waals surface area contributed by atoms with Crippen LogP contribution in [0.4, 0.5) is 0 Å². The number of aliphatic hydroxyl groups excluding tert-OH is 1. The summed E-state index contributed by atoms with van der Waals surface area (Å²) in [5.41, 5.74) is 2.03. The Bertz CT molecular complexity index is 993. The van der Waals surface area contributed by atoms with Gasteiger partial charge in [0.25, 0.3) is 0 Å². The maximum atomic E-state index is 8.73. The van der Waals surface area contributed by atoms with Crippen molar-refractivity contribution in [1.29, 1.82) is 10.5 Å². The third kappa shape index (κ3) is 8.26. The van der Waals surface area contributed by atoms with E-state index in [1.807, 2.05) is 12.1 Å². The van der Waals surface area contributed by atoms with E-state index >= 15 is 0 Å². The molecule has 0 aliphatic heterocycles. The van der Waals surface area contributed by atoms with E-state index in [4.69, 9.17) is 15.6 Å². The number of pyridine rings is 2. The van der Waals surface area contributed by atoms with E-state index in [-0.39, 0.29) is 33.5 Å². The van der Waals surface area contributed by atoms with Gasteiger partial charge in [-0.25, -0.2) is 0 Å². The van der Waals surface area contributed by atoms with Gasteiger partial charge in [0.05, 0.1) is 11.1 Å². The van der Waals surface area contributed by atoms with Crippen LogP contribution in [0.15, 0.2) is 36.9 Å². The number of rotatable bonds is 2. The van der Waals surface area contributed by atoms with E-state index in [0.717, 1.165) is 7.11 Å². The maximum Gasteiger partial charge on any atom is 2.00 e. The zero-order valence-corrected chi connectivity index (χ0v) is 17.6. The van der Waals surface area contributed by atoms with Crippen molar-refractivity contribution in [1.82, 2.24) is 51.2 Å². The Labute approximate surface area is 190 Å². The molecule has 10 N–H and O–H groups in total. The van der Waals surface area contributed by atoms with Crippen molar-refractivity contribution < 1.29 is 38.6 Å². The van der Waals surface area contributed by atoms with Crippen LogP contribution in [0.5, 0.6) is 0 Å². The first-order chi connectivity index (χ1) is 13.8. The van der Waals surface area contributed by atoms with Crippen molar-refractivity contribution in [3.05, 3.63) is 48.0 Å². The summed E-state index contributed by atoms with van der Waals surface area (Å²) in [4.78, 5) is 7.61. The molecule has 167 valence electrons. The molecule has 0 aromatic carbocycles. The quantitative estimate of drug-likeness (QED) is 0.211. The predicted molar refractivity (Wildman–Crippen MR) is 105 cm³/mol. The van der Waals surface area contributed by atoms with E-state index in [1.165, 1.54) is 12.4 Å². The van der Waals surface area contributed by atoms with Gasteiger partial charge < -0.3 is 31.7 Å². The smallest absolute Gasteiger partial charge is 0.457 e. The van der Waals surface area contributed by atoms with Gasteiger partial charge in [-0.05, 0) is 12.1 Å². The molecule has 1 radical (unpaired) electrons. The number of hydrogen-bond acceptors (Lipinski definition) is 11. The minimum Gasteiger partial charge on any atom is -0.457 e. The minimum absolute atomic E-state index is 0. The number of aromatic nitrogens is 10. The van der Waals surface area contributed by atoms with Crippen molar-refractivity contribution in [2.75, 3.05) is 7.11 Å². The monoisotopic (exact) mass is 486 g/mol. The molecule has 17 heteroatoms. The Balaban J connectivity index is -0.000000437. The van der Waals surface area contributed by atoms with Crippen LogP contribution < -0.4 is 10.2 Å². The average Bonchev–Trinajstić information content (AvgIpc) is 3.50. The van der Waals surface area contributed by atoms with Crippen molar-refractivity contribution in [2.24, 2.45) is 0 Å². The molecule has 4 rings (SSSR count). The fraction of sp³-hybridized carbons (Fsp3) is 0.0667. The standard InChI is InChI=1S/2C7H3N6.CH4O.Mn.3H2O/c2*8-3-5-4-9-2-1-6(5)7-10-12-13-11-7;1-2;;;;/h2*1-2,4H;2H,1H3;;3*1H2/q2*-1;;+2;;;/p+3. The zero-order chi connectivity index (χ0) is 20.2. The largest absolute Gasteiger partial charge is 2.00 e. The predicted octanol–water partition coefficient (Wildman–Crippen LogP) is -3.63. The summed E-state index contributed by atoms with van der Waals surface area (Å²) >= 11 is 0. The van der Waals surface area contributed by atoms with Gasteiger partial charge in [0.1, 0.15) is 12.1 Å². The summed E-state index contributed by atoms with van der Waals surface area (Å²) in [5.74, 6) is 0.693. The Morgan fingerprint density at radius 3 is 1.41 bits per heavy atom. The molecule has 4 heterocycles. The van der Waals surface area contributed by atoms with Crippen LogP contribution in [0.1, 0.15) is 11.1 Å². The SMILES string of the molecule is CO.N#Cc1cnccc1-c1nnn[n-]1.N#Cc1cnccc1-c1nnn[n-]1.[Mn+2].[OH3+].[OH3+].[OH3+]. The van der Waals surface area contributed by atoms with Crippen LogP contribution in [0.3, 0.4) is 0 Å². The van der Waals surface area contributed by atoms with Crippen LogP contribution in [-0.4, -0.2) is 53.2 Å². The van der Waals surface area contributed by atoms with Gasteiger partial charge in [0, 0.05) is 54.7 Å². The molecule has 0 aliphatic carbocycles. The number of nitriles is 2. The van der Waals surface area contributed by atoms with E-state index in [2.05, 4.69) is 51.2 Å². The van der Waals surface area contributed by atoms with Crippen molar-refractivity contribution >= 4 is 0 Å². The molecule has 0 saturated heterocycles. The van der Waals surface area contributed by atoms with Gasteiger partial charge in [-0.3, -0.25) is 30.6 Å². The van der Waals surface area contributed by atoms with Crippen LogP contribution in [0.2, 0.25) is 0 Å². The number of hydrogen-bond donors (Lipinski definition) is 1. The molecular formula is C15H19MnN12O4+3. The van der Waals surface area contributed by atoms with Gasteiger partial charge in [0.15, 0.2) is 0 Å². The van der Waals surface area contributed by atoms with Crippen LogP contribution >= 0.6 is 0 Å². The second kappa shape index (κ2) is 17.6. The molecule has 0 spiro atoms.